The van der Waals surface area contributed by atoms with Gasteiger partial charge >= 0.3 is 0 Å². The highest BCUT2D eigenvalue weighted by atomic mass is 32.1. The summed E-state index contributed by atoms with van der Waals surface area (Å²) in [6.45, 7) is 2.35. The number of thiophene rings is 2. The minimum atomic E-state index is 0.452. The summed E-state index contributed by atoms with van der Waals surface area (Å²) in [7, 11) is 0. The molecule has 162 valence electrons. The summed E-state index contributed by atoms with van der Waals surface area (Å²) >= 11 is 4.02. The number of rotatable bonds is 5. The summed E-state index contributed by atoms with van der Waals surface area (Å²) in [4.78, 5) is 3.02. The number of fused-ring (bicyclic) bond motifs is 1. The van der Waals surface area contributed by atoms with Crippen molar-refractivity contribution in [2.75, 3.05) is 0 Å². The second kappa shape index (κ2) is 9.08. The molecule has 0 amide bonds. The van der Waals surface area contributed by atoms with Crippen molar-refractivity contribution in [1.82, 2.24) is 0 Å². The van der Waals surface area contributed by atoms with Crippen LogP contribution in [0, 0.1) is 23.2 Å². The van der Waals surface area contributed by atoms with Crippen molar-refractivity contribution in [2.45, 2.75) is 83.0 Å². The Morgan fingerprint density at radius 1 is 0.935 bits per heavy atom. The van der Waals surface area contributed by atoms with Gasteiger partial charge in [-0.3, -0.25) is 0 Å². The number of nitriles is 1. The van der Waals surface area contributed by atoms with Crippen LogP contribution in [0.5, 0.6) is 0 Å². The molecule has 0 saturated heterocycles. The molecule has 2 heterocycles. The molecule has 5 rings (SSSR count). The lowest BCUT2D eigenvalue weighted by Crippen LogP contribution is -2.38. The molecule has 0 N–H and O–H groups in total. The van der Waals surface area contributed by atoms with Crippen LogP contribution < -0.4 is 0 Å². The normalized spacial score (nSPS) is 23.6. The zero-order valence-corrected chi connectivity index (χ0v) is 20.3. The molecule has 2 aromatic heterocycles. The van der Waals surface area contributed by atoms with Crippen LogP contribution in [0.4, 0.5) is 0 Å². The van der Waals surface area contributed by atoms with Gasteiger partial charge in [0.1, 0.15) is 0 Å². The number of nitrogens with zero attached hydrogens (tertiary/aromatic N) is 1. The van der Waals surface area contributed by atoms with Crippen molar-refractivity contribution < 1.29 is 0 Å². The lowest BCUT2D eigenvalue weighted by atomic mass is 9.60. The minimum Gasteiger partial charge on any atom is -0.192 e. The van der Waals surface area contributed by atoms with Crippen LogP contribution in [-0.2, 0) is 5.41 Å². The highest BCUT2D eigenvalue weighted by Crippen LogP contribution is 2.54. The maximum atomic E-state index is 9.06. The maximum Gasteiger partial charge on any atom is 0.0991 e. The van der Waals surface area contributed by atoms with Crippen molar-refractivity contribution in [2.24, 2.45) is 11.8 Å². The predicted octanol–water partition coefficient (Wildman–Crippen LogP) is 9.31. The van der Waals surface area contributed by atoms with Gasteiger partial charge in [-0.15, -0.1) is 22.7 Å². The highest BCUT2D eigenvalue weighted by Gasteiger charge is 2.43. The topological polar surface area (TPSA) is 23.8 Å². The van der Waals surface area contributed by atoms with Crippen LogP contribution in [0.1, 0.15) is 88.0 Å². The summed E-state index contributed by atoms with van der Waals surface area (Å²) in [5.74, 6) is 1.88. The van der Waals surface area contributed by atoms with Gasteiger partial charge in [-0.2, -0.15) is 5.26 Å². The Kier molecular flexibility index (Phi) is 6.22. The molecule has 2 aliphatic carbocycles. The molecule has 0 bridgehead atoms. The van der Waals surface area contributed by atoms with Gasteiger partial charge in [-0.25, -0.2) is 0 Å². The van der Waals surface area contributed by atoms with Crippen LogP contribution >= 0.6 is 22.7 Å². The van der Waals surface area contributed by atoms with E-state index in [-0.39, 0.29) is 0 Å². The molecule has 3 aromatic rings. The molecular formula is C28H33NS2. The summed E-state index contributed by atoms with van der Waals surface area (Å²) in [5, 5.41) is 9.06. The smallest absolute Gasteiger partial charge is 0.0991 e. The fraction of sp³-hybridized carbons (Fsp3) is 0.536. The summed E-state index contributed by atoms with van der Waals surface area (Å²) < 4.78 is 2.92. The minimum absolute atomic E-state index is 0.452. The first kappa shape index (κ1) is 21.2. The van der Waals surface area contributed by atoms with E-state index in [1.165, 1.54) is 90.5 Å². The average molecular weight is 448 g/mol. The summed E-state index contributed by atoms with van der Waals surface area (Å²) in [6, 6.07) is 15.2. The molecule has 0 unspecified atom stereocenters. The lowest BCUT2D eigenvalue weighted by Gasteiger charge is -2.46. The van der Waals surface area contributed by atoms with E-state index in [4.69, 9.17) is 5.26 Å². The molecular weight excluding hydrogens is 414 g/mol. The molecule has 0 spiro atoms. The Balaban J connectivity index is 1.42. The summed E-state index contributed by atoms with van der Waals surface area (Å²) in [6.07, 6.45) is 15.7. The monoisotopic (exact) mass is 447 g/mol. The number of benzene rings is 1. The van der Waals surface area contributed by atoms with E-state index in [1.54, 1.807) is 4.88 Å². The van der Waals surface area contributed by atoms with Gasteiger partial charge < -0.3 is 0 Å². The lowest BCUT2D eigenvalue weighted by molar-refractivity contribution is 0.128. The van der Waals surface area contributed by atoms with E-state index in [2.05, 4.69) is 48.6 Å². The average Bonchev–Trinajstić information content (AvgIpc) is 3.40. The highest BCUT2D eigenvalue weighted by molar-refractivity contribution is 7.29. The zero-order chi connectivity index (χ0) is 21.3. The van der Waals surface area contributed by atoms with Gasteiger partial charge in [0, 0.05) is 24.6 Å². The van der Waals surface area contributed by atoms with E-state index in [0.29, 0.717) is 5.41 Å². The Hall–Kier alpha value is -1.63. The molecule has 31 heavy (non-hydrogen) atoms. The molecule has 1 nitrogen and oxygen atoms in total. The van der Waals surface area contributed by atoms with E-state index >= 15 is 0 Å². The first-order valence-electron chi connectivity index (χ1n) is 12.3. The third-order valence-corrected chi connectivity index (χ3v) is 10.6. The molecule has 2 aliphatic rings. The molecule has 1 aromatic carbocycles. The Bertz CT molecular complexity index is 1020. The van der Waals surface area contributed by atoms with E-state index < -0.39 is 0 Å². The van der Waals surface area contributed by atoms with Gasteiger partial charge in [0.05, 0.1) is 11.6 Å². The van der Waals surface area contributed by atoms with Crippen LogP contribution in [0.25, 0.3) is 19.8 Å². The van der Waals surface area contributed by atoms with Crippen molar-refractivity contribution >= 4 is 32.1 Å². The molecule has 2 saturated carbocycles. The van der Waals surface area contributed by atoms with Crippen LogP contribution in [0.2, 0.25) is 0 Å². The molecule has 0 atom stereocenters. The second-order valence-electron chi connectivity index (χ2n) is 9.86. The maximum absolute atomic E-state index is 9.06. The SMILES string of the molecule is CCCC1CCC(C2(c3cc4sc(-c5ccc(C#N)cc5)cc4s3)CCCCC2)CC1. The molecule has 2 fully saturated rings. The van der Waals surface area contributed by atoms with Crippen molar-refractivity contribution in [3.63, 3.8) is 0 Å². The zero-order valence-electron chi connectivity index (χ0n) is 18.7. The van der Waals surface area contributed by atoms with Crippen molar-refractivity contribution in [1.29, 1.82) is 5.26 Å². The Morgan fingerprint density at radius 3 is 2.29 bits per heavy atom. The van der Waals surface area contributed by atoms with Crippen LogP contribution in [0.15, 0.2) is 36.4 Å². The predicted molar refractivity (Wildman–Crippen MR) is 135 cm³/mol. The van der Waals surface area contributed by atoms with Crippen LogP contribution in [0.3, 0.4) is 0 Å². The van der Waals surface area contributed by atoms with Gasteiger partial charge in [-0.1, -0.05) is 64.0 Å². The Labute approximate surface area is 195 Å². The second-order valence-corrected chi connectivity index (χ2v) is 12.0. The fourth-order valence-corrected chi connectivity index (χ4v) is 9.11. The fourth-order valence-electron chi connectivity index (χ4n) is 6.38. The summed E-state index contributed by atoms with van der Waals surface area (Å²) in [5.41, 5.74) is 2.42. The molecule has 3 heteroatoms. The largest absolute Gasteiger partial charge is 0.192 e. The molecule has 0 aliphatic heterocycles. The van der Waals surface area contributed by atoms with E-state index in [9.17, 15) is 0 Å². The first-order valence-corrected chi connectivity index (χ1v) is 13.9. The van der Waals surface area contributed by atoms with Crippen molar-refractivity contribution in [3.05, 3.63) is 46.8 Å². The first-order chi connectivity index (χ1) is 15.2. The van der Waals surface area contributed by atoms with Gasteiger partial charge in [0.15, 0.2) is 0 Å². The molecule has 0 radical (unpaired) electrons. The number of hydrogen-bond donors (Lipinski definition) is 0. The van der Waals surface area contributed by atoms with Crippen molar-refractivity contribution in [3.8, 4) is 16.5 Å². The quantitative estimate of drug-likeness (QED) is 0.382. The van der Waals surface area contributed by atoms with E-state index in [0.717, 1.165) is 17.4 Å². The number of hydrogen-bond acceptors (Lipinski definition) is 3. The third kappa shape index (κ3) is 4.10. The standard InChI is InChI=1S/C28H33NS2/c1-2-6-20-9-13-23(14-10-20)28(15-4-3-5-16-28)27-18-26-25(31-27)17-24(30-26)22-11-7-21(19-29)8-12-22/h7-8,11-12,17-18,20,23H,2-6,9-10,13-16H2,1H3. The third-order valence-electron chi connectivity index (χ3n) is 8.07. The van der Waals surface area contributed by atoms with Crippen LogP contribution in [-0.4, -0.2) is 0 Å². The van der Waals surface area contributed by atoms with Gasteiger partial charge in [0.2, 0.25) is 0 Å². The van der Waals surface area contributed by atoms with E-state index in [1.807, 2.05) is 23.5 Å². The van der Waals surface area contributed by atoms with Gasteiger partial charge in [0.25, 0.3) is 0 Å². The van der Waals surface area contributed by atoms with Gasteiger partial charge in [-0.05, 0) is 67.3 Å². The Morgan fingerprint density at radius 2 is 1.65 bits per heavy atom.